The summed E-state index contributed by atoms with van der Waals surface area (Å²) in [6.45, 7) is 29.6. The highest BCUT2D eigenvalue weighted by molar-refractivity contribution is 5.49. The molecule has 4 heteroatoms. The van der Waals surface area contributed by atoms with Crippen molar-refractivity contribution < 1.29 is 18.7 Å². The lowest BCUT2D eigenvalue weighted by Crippen LogP contribution is -2.00. The van der Waals surface area contributed by atoms with Gasteiger partial charge in [0.1, 0.15) is 11.6 Å². The number of hydrogen-bond acceptors (Lipinski definition) is 3. The summed E-state index contributed by atoms with van der Waals surface area (Å²) >= 11 is 0. The molecule has 0 aromatic heterocycles. The van der Waals surface area contributed by atoms with Crippen LogP contribution in [0.15, 0.2) is 96.7 Å². The Labute approximate surface area is 195 Å². The maximum Gasteiger partial charge on any atom is 0.293 e. The van der Waals surface area contributed by atoms with Crippen LogP contribution >= 0.6 is 0 Å². The first-order valence-corrected chi connectivity index (χ1v) is 10.6. The lowest BCUT2D eigenvalue weighted by atomic mass is 9.96. The van der Waals surface area contributed by atoms with Crippen molar-refractivity contribution in [3.63, 3.8) is 0 Å². The highest BCUT2D eigenvalue weighted by atomic mass is 19.1. The quantitative estimate of drug-likeness (QED) is 0.0895. The summed E-state index contributed by atoms with van der Waals surface area (Å²) in [5.74, 6) is 0.308. The molecule has 0 heterocycles. The summed E-state index contributed by atoms with van der Waals surface area (Å²) in [5, 5.41) is 0. The summed E-state index contributed by atoms with van der Waals surface area (Å²) in [6.07, 6.45) is 8.49. The van der Waals surface area contributed by atoms with Gasteiger partial charge in [-0.25, -0.2) is 4.39 Å². The summed E-state index contributed by atoms with van der Waals surface area (Å²) < 4.78 is 24.4. The molecule has 0 bridgehead atoms. The Morgan fingerprint density at radius 1 is 1.00 bits per heavy atom. The molecule has 0 rings (SSSR count). The van der Waals surface area contributed by atoms with Crippen LogP contribution in [-0.2, 0) is 14.3 Å². The van der Waals surface area contributed by atoms with Gasteiger partial charge in [0.15, 0.2) is 0 Å². The third-order valence-corrected chi connectivity index (χ3v) is 4.45. The van der Waals surface area contributed by atoms with E-state index in [1.165, 1.54) is 18.8 Å². The Hall–Kier alpha value is -2.88. The fourth-order valence-corrected chi connectivity index (χ4v) is 2.11. The minimum absolute atomic E-state index is 0.119. The average Bonchev–Trinajstić information content (AvgIpc) is 2.74. The first-order valence-electron chi connectivity index (χ1n) is 10.6. The molecule has 32 heavy (non-hydrogen) atoms. The zero-order valence-corrected chi connectivity index (χ0v) is 20.8. The molecule has 0 saturated heterocycles. The Kier molecular flexibility index (Phi) is 17.4. The van der Waals surface area contributed by atoms with Crippen LogP contribution in [0.5, 0.6) is 0 Å². The van der Waals surface area contributed by atoms with E-state index in [9.17, 15) is 9.18 Å². The van der Waals surface area contributed by atoms with Gasteiger partial charge in [-0.2, -0.15) is 0 Å². The van der Waals surface area contributed by atoms with Crippen LogP contribution in [0.1, 0.15) is 47.5 Å². The maximum atomic E-state index is 14.6. The zero-order valence-electron chi connectivity index (χ0n) is 20.8. The Morgan fingerprint density at radius 2 is 1.53 bits per heavy atom. The largest absolute Gasteiger partial charge is 0.497 e. The van der Waals surface area contributed by atoms with Gasteiger partial charge in [-0.3, -0.25) is 4.79 Å². The first-order chi connectivity index (χ1) is 14.9. The lowest BCUT2D eigenvalue weighted by molar-refractivity contribution is -0.128. The fraction of sp³-hybridized carbons (Fsp3) is 0.393. The van der Waals surface area contributed by atoms with Crippen LogP contribution in [0.2, 0.25) is 0 Å². The average molecular weight is 445 g/mol. The predicted octanol–water partition coefficient (Wildman–Crippen LogP) is 7.98. The number of methoxy groups -OCH3 is 1. The van der Waals surface area contributed by atoms with Gasteiger partial charge < -0.3 is 9.47 Å². The molecule has 0 aliphatic carbocycles. The van der Waals surface area contributed by atoms with E-state index in [-0.39, 0.29) is 12.5 Å². The van der Waals surface area contributed by atoms with E-state index in [2.05, 4.69) is 52.8 Å². The van der Waals surface area contributed by atoms with Crippen molar-refractivity contribution in [3.8, 4) is 0 Å². The summed E-state index contributed by atoms with van der Waals surface area (Å²) in [4.78, 5) is 10.3. The van der Waals surface area contributed by atoms with Crippen molar-refractivity contribution in [1.82, 2.24) is 0 Å². The number of rotatable bonds is 14. The molecule has 0 fully saturated rings. The molecule has 0 aliphatic rings. The summed E-state index contributed by atoms with van der Waals surface area (Å²) in [6, 6.07) is 0. The van der Waals surface area contributed by atoms with E-state index in [1.807, 2.05) is 26.8 Å². The first kappa shape index (κ1) is 31.3. The zero-order chi connectivity index (χ0) is 25.3. The molecule has 0 amide bonds. The van der Waals surface area contributed by atoms with Crippen molar-refractivity contribution in [1.29, 1.82) is 0 Å². The summed E-state index contributed by atoms with van der Waals surface area (Å²) in [7, 11) is 1.49. The molecule has 2 unspecified atom stereocenters. The number of hydrogen-bond donors (Lipinski definition) is 0. The number of carbonyl (C=O) groups is 1. The Bertz CT molecular complexity index is 762. The number of allylic oxidation sites excluding steroid dienone is 10. The molecule has 0 saturated carbocycles. The molecule has 2 atom stereocenters. The highest BCUT2D eigenvalue weighted by Crippen LogP contribution is 2.25. The van der Waals surface area contributed by atoms with Crippen LogP contribution in [-0.4, -0.2) is 20.2 Å². The molecule has 0 N–H and O–H groups in total. The molecule has 0 radical (unpaired) electrons. The molecule has 0 spiro atoms. The normalized spacial score (nSPS) is 13.3. The monoisotopic (exact) mass is 444 g/mol. The van der Waals surface area contributed by atoms with Crippen LogP contribution in [0.25, 0.3) is 0 Å². The highest BCUT2D eigenvalue weighted by Gasteiger charge is 2.11. The Balaban J connectivity index is 0. The van der Waals surface area contributed by atoms with Crippen molar-refractivity contribution in [2.75, 3.05) is 13.7 Å². The minimum atomic E-state index is -0.433. The molecule has 0 aromatic rings. The van der Waals surface area contributed by atoms with E-state index in [0.717, 1.165) is 6.42 Å². The number of ether oxygens (including phenoxy) is 2. The van der Waals surface area contributed by atoms with Gasteiger partial charge in [-0.05, 0) is 54.2 Å². The SMILES string of the molecule is C=C(/C=C(/CCOC=O)C(=C)OC)C(=C)/C=C(/F)C(=C)C(C)/C=C\C(C)CC.C=C(C)C. The van der Waals surface area contributed by atoms with E-state index >= 15 is 0 Å². The summed E-state index contributed by atoms with van der Waals surface area (Å²) in [5.41, 5.74) is 3.16. The minimum Gasteiger partial charge on any atom is -0.497 e. The van der Waals surface area contributed by atoms with E-state index in [4.69, 9.17) is 9.47 Å². The molecule has 0 aliphatic heterocycles. The smallest absolute Gasteiger partial charge is 0.293 e. The van der Waals surface area contributed by atoms with Crippen molar-refractivity contribution in [2.24, 2.45) is 11.8 Å². The number of halogens is 1. The second kappa shape index (κ2) is 17.8. The fourth-order valence-electron chi connectivity index (χ4n) is 2.11. The van der Waals surface area contributed by atoms with Gasteiger partial charge in [0, 0.05) is 12.3 Å². The van der Waals surface area contributed by atoms with E-state index in [0.29, 0.717) is 46.9 Å². The van der Waals surface area contributed by atoms with E-state index in [1.54, 1.807) is 6.08 Å². The molecule has 178 valence electrons. The van der Waals surface area contributed by atoms with Gasteiger partial charge in [-0.1, -0.05) is 71.2 Å². The van der Waals surface area contributed by atoms with Gasteiger partial charge in [0.2, 0.25) is 0 Å². The molecule has 0 aromatic carbocycles. The van der Waals surface area contributed by atoms with Crippen molar-refractivity contribution in [3.05, 3.63) is 96.7 Å². The van der Waals surface area contributed by atoms with E-state index < -0.39 is 5.83 Å². The topological polar surface area (TPSA) is 35.5 Å². The van der Waals surface area contributed by atoms with Gasteiger partial charge in [0.05, 0.1) is 13.7 Å². The maximum absolute atomic E-state index is 14.6. The lowest BCUT2D eigenvalue weighted by Gasteiger charge is -2.12. The van der Waals surface area contributed by atoms with Crippen LogP contribution in [0.3, 0.4) is 0 Å². The molecular formula is C28H41FO3. The number of carbonyl (C=O) groups excluding carboxylic acids is 1. The molecular weight excluding hydrogens is 403 g/mol. The van der Waals surface area contributed by atoms with Crippen LogP contribution in [0.4, 0.5) is 4.39 Å². The predicted molar refractivity (Wildman–Crippen MR) is 136 cm³/mol. The van der Waals surface area contributed by atoms with Gasteiger partial charge >= 0.3 is 0 Å². The third-order valence-electron chi connectivity index (χ3n) is 4.45. The third kappa shape index (κ3) is 15.0. The van der Waals surface area contributed by atoms with Crippen LogP contribution in [0, 0.1) is 11.8 Å². The standard InChI is InChI=1S/C24H33FO3.C4H8/c1-9-17(2)10-11-18(3)21(6)24(25)15-20(5)19(4)14-23(22(7)27-8)12-13-28-16-26;1-4(2)3/h10-11,14-18H,4-7,9,12-13H2,1-3,8H3;1H2,2-3H3/b11-10-,23-14-,24-15+;. The second-order valence-corrected chi connectivity index (χ2v) is 7.85. The van der Waals surface area contributed by atoms with Crippen molar-refractivity contribution in [2.45, 2.75) is 47.5 Å². The van der Waals surface area contributed by atoms with Gasteiger partial charge in [0.25, 0.3) is 6.47 Å². The van der Waals surface area contributed by atoms with Crippen molar-refractivity contribution >= 4 is 6.47 Å². The van der Waals surface area contributed by atoms with Gasteiger partial charge in [-0.15, -0.1) is 6.58 Å². The molecule has 3 nitrogen and oxygen atoms in total. The van der Waals surface area contributed by atoms with Crippen LogP contribution < -0.4 is 0 Å². The second-order valence-electron chi connectivity index (χ2n) is 7.85. The Morgan fingerprint density at radius 3 is 2.00 bits per heavy atom.